The number of hydrogen-bond donors (Lipinski definition) is 0. The van der Waals surface area contributed by atoms with Gasteiger partial charge in [0.05, 0.1) is 21.5 Å². The zero-order valence-electron chi connectivity index (χ0n) is 18.6. The van der Waals surface area contributed by atoms with E-state index in [9.17, 15) is 35.1 Å². The molecule has 5 aromatic carbocycles. The van der Waals surface area contributed by atoms with E-state index >= 15 is 17.6 Å². The molecule has 0 fully saturated rings. The Morgan fingerprint density at radius 2 is 0.789 bits per heavy atom. The van der Waals surface area contributed by atoms with E-state index in [0.717, 1.165) is 0 Å². The molecule has 0 bridgehead atoms. The SMILES string of the molecule is CCCN(c1c(F)ccc(F)c1F)c1c(F)c2c(F)c(F)c3c(F)c(F)c(F)c4c(F)c(F)c(c1F)c2c34. The zero-order valence-corrected chi connectivity index (χ0v) is 18.6. The van der Waals surface area contributed by atoms with E-state index in [1.54, 1.807) is 0 Å². The van der Waals surface area contributed by atoms with Crippen molar-refractivity contribution in [3.05, 3.63) is 81.9 Å². The number of nitrogens with zero attached hydrogens (tertiary/aromatic N) is 1. The van der Waals surface area contributed by atoms with Crippen LogP contribution in [0.15, 0.2) is 12.1 Å². The normalized spacial score (nSPS) is 12.0. The molecule has 5 rings (SSSR count). The number of rotatable bonds is 4. The molecule has 0 aliphatic rings. The van der Waals surface area contributed by atoms with E-state index < -0.39 is 120 Å². The summed E-state index contributed by atoms with van der Waals surface area (Å²) in [5.41, 5.74) is -3.05. The van der Waals surface area contributed by atoms with Gasteiger partial charge in [-0.25, -0.2) is 52.7 Å². The zero-order chi connectivity index (χ0) is 28.0. The maximum absolute atomic E-state index is 15.8. The molecule has 0 N–H and O–H groups in total. The second-order valence-electron chi connectivity index (χ2n) is 8.27. The van der Waals surface area contributed by atoms with E-state index in [0.29, 0.717) is 12.1 Å². The van der Waals surface area contributed by atoms with Crippen molar-refractivity contribution in [1.82, 2.24) is 0 Å². The Balaban J connectivity index is 2.09. The third-order valence-corrected chi connectivity index (χ3v) is 6.20. The molecule has 0 amide bonds. The van der Waals surface area contributed by atoms with Crippen LogP contribution in [0.2, 0.25) is 0 Å². The van der Waals surface area contributed by atoms with Crippen LogP contribution in [-0.2, 0) is 0 Å². The minimum Gasteiger partial charge on any atom is -0.332 e. The lowest BCUT2D eigenvalue weighted by Gasteiger charge is -2.28. The Labute approximate surface area is 203 Å². The Morgan fingerprint density at radius 1 is 0.421 bits per heavy atom. The fourth-order valence-corrected chi connectivity index (χ4v) is 4.66. The van der Waals surface area contributed by atoms with Gasteiger partial charge in [0.2, 0.25) is 0 Å². The van der Waals surface area contributed by atoms with Crippen LogP contribution < -0.4 is 4.90 Å². The second kappa shape index (κ2) is 8.57. The average Bonchev–Trinajstić information content (AvgIpc) is 2.86. The molecule has 5 aromatic rings. The molecule has 0 spiro atoms. The van der Waals surface area contributed by atoms with Gasteiger partial charge < -0.3 is 4.90 Å². The van der Waals surface area contributed by atoms with Crippen LogP contribution in [-0.4, -0.2) is 6.54 Å². The fourth-order valence-electron chi connectivity index (χ4n) is 4.66. The lowest BCUT2D eigenvalue weighted by molar-refractivity contribution is 0.448. The van der Waals surface area contributed by atoms with E-state index in [1.807, 2.05) is 0 Å². The molecular weight excluding hydrogens is 542 g/mol. The first kappa shape index (κ1) is 25.7. The van der Waals surface area contributed by atoms with Crippen LogP contribution in [0.5, 0.6) is 0 Å². The van der Waals surface area contributed by atoms with Crippen LogP contribution in [0.1, 0.15) is 13.3 Å². The van der Waals surface area contributed by atoms with Gasteiger partial charge in [0.15, 0.2) is 64.0 Å². The predicted octanol–water partition coefficient (Wildman–Crippen LogP) is 8.80. The van der Waals surface area contributed by atoms with E-state index in [-0.39, 0.29) is 11.3 Å². The Kier molecular flexibility index (Phi) is 5.80. The Bertz CT molecular complexity index is 1720. The van der Waals surface area contributed by atoms with Crippen LogP contribution >= 0.6 is 0 Å². The maximum Gasteiger partial charge on any atom is 0.195 e. The van der Waals surface area contributed by atoms with Gasteiger partial charge in [-0.05, 0) is 18.6 Å². The van der Waals surface area contributed by atoms with Crippen LogP contribution in [0.4, 0.5) is 64.1 Å². The van der Waals surface area contributed by atoms with Crippen LogP contribution in [0, 0.1) is 69.8 Å². The molecular formula is C25H9F12N. The van der Waals surface area contributed by atoms with Crippen molar-refractivity contribution in [3.63, 3.8) is 0 Å². The Hall–Kier alpha value is -3.90. The van der Waals surface area contributed by atoms with Crippen LogP contribution in [0.3, 0.4) is 0 Å². The smallest absolute Gasteiger partial charge is 0.195 e. The average molecular weight is 551 g/mol. The number of benzene rings is 5. The first-order chi connectivity index (χ1) is 17.9. The topological polar surface area (TPSA) is 3.24 Å². The van der Waals surface area contributed by atoms with Crippen molar-refractivity contribution in [2.45, 2.75) is 13.3 Å². The van der Waals surface area contributed by atoms with Gasteiger partial charge >= 0.3 is 0 Å². The third-order valence-electron chi connectivity index (χ3n) is 6.20. The molecule has 0 radical (unpaired) electrons. The van der Waals surface area contributed by atoms with E-state index in [1.165, 1.54) is 6.92 Å². The fraction of sp³-hybridized carbons (Fsp3) is 0.120. The number of halogens is 12. The van der Waals surface area contributed by atoms with Gasteiger partial charge in [0.1, 0.15) is 17.2 Å². The molecule has 0 atom stereocenters. The standard InChI is InChI=1S/C25H9F12N/c1-2-5-38(24-7(27)4-3-6(26)14(24)28)25-21(35)12-9-8-10(15(29)17(12)31)19(33)23(37)20(34)11(8)16(30)18(32)13(9)22(25)36/h3-4H,2,5H2,1H3. The molecule has 0 unspecified atom stereocenters. The van der Waals surface area contributed by atoms with E-state index in [4.69, 9.17) is 0 Å². The Morgan fingerprint density at radius 3 is 1.21 bits per heavy atom. The van der Waals surface area contributed by atoms with Crippen molar-refractivity contribution in [3.8, 4) is 0 Å². The molecule has 0 aliphatic heterocycles. The molecule has 0 heterocycles. The molecule has 38 heavy (non-hydrogen) atoms. The monoisotopic (exact) mass is 551 g/mol. The van der Waals surface area contributed by atoms with Crippen LogP contribution in [0.25, 0.3) is 32.3 Å². The molecule has 0 saturated heterocycles. The summed E-state index contributed by atoms with van der Waals surface area (Å²) >= 11 is 0. The molecule has 0 aromatic heterocycles. The summed E-state index contributed by atoms with van der Waals surface area (Å²) in [6.45, 7) is 0.616. The van der Waals surface area contributed by atoms with Crippen molar-refractivity contribution < 1.29 is 52.7 Å². The summed E-state index contributed by atoms with van der Waals surface area (Å²) in [6.07, 6.45) is -0.164. The summed E-state index contributed by atoms with van der Waals surface area (Å²) in [6, 6.07) is 0.732. The molecule has 198 valence electrons. The van der Waals surface area contributed by atoms with E-state index in [2.05, 4.69) is 0 Å². The van der Waals surface area contributed by atoms with Gasteiger partial charge in [-0.2, -0.15) is 0 Å². The summed E-state index contributed by atoms with van der Waals surface area (Å²) in [5, 5.41) is -9.71. The number of anilines is 2. The predicted molar refractivity (Wildman–Crippen MR) is 113 cm³/mol. The molecule has 0 aliphatic carbocycles. The van der Waals surface area contributed by atoms with Gasteiger partial charge in [0.25, 0.3) is 0 Å². The summed E-state index contributed by atoms with van der Waals surface area (Å²) in [5.74, 6) is -26.2. The van der Waals surface area contributed by atoms with Crippen molar-refractivity contribution in [1.29, 1.82) is 0 Å². The maximum atomic E-state index is 15.8. The first-order valence-corrected chi connectivity index (χ1v) is 10.6. The van der Waals surface area contributed by atoms with Crippen molar-refractivity contribution in [2.75, 3.05) is 11.4 Å². The molecule has 13 heteroatoms. The van der Waals surface area contributed by atoms with Crippen molar-refractivity contribution >= 4 is 43.7 Å². The highest BCUT2D eigenvalue weighted by Gasteiger charge is 2.37. The third kappa shape index (κ3) is 3.10. The highest BCUT2D eigenvalue weighted by Crippen LogP contribution is 2.49. The molecule has 0 saturated carbocycles. The summed E-state index contributed by atoms with van der Waals surface area (Å²) < 4.78 is 178. The second-order valence-corrected chi connectivity index (χ2v) is 8.27. The quantitative estimate of drug-likeness (QED) is 0.0934. The lowest BCUT2D eigenvalue weighted by atomic mass is 9.90. The van der Waals surface area contributed by atoms with Gasteiger partial charge in [-0.3, -0.25) is 0 Å². The summed E-state index contributed by atoms with van der Waals surface area (Å²) in [7, 11) is 0. The highest BCUT2D eigenvalue weighted by molar-refractivity contribution is 6.25. The van der Waals surface area contributed by atoms with Gasteiger partial charge in [-0.1, -0.05) is 6.92 Å². The van der Waals surface area contributed by atoms with Gasteiger partial charge in [0, 0.05) is 17.3 Å². The molecule has 1 nitrogen and oxygen atoms in total. The highest BCUT2D eigenvalue weighted by atomic mass is 19.2. The van der Waals surface area contributed by atoms with Gasteiger partial charge in [-0.15, -0.1) is 0 Å². The lowest BCUT2D eigenvalue weighted by Crippen LogP contribution is -2.24. The minimum absolute atomic E-state index is 0.127. The first-order valence-electron chi connectivity index (χ1n) is 10.6. The van der Waals surface area contributed by atoms with Crippen molar-refractivity contribution in [2.24, 2.45) is 0 Å². The summed E-state index contributed by atoms with van der Waals surface area (Å²) in [4.78, 5) is 0.127. The minimum atomic E-state index is -2.51. The number of hydrogen-bond acceptors (Lipinski definition) is 1. The largest absolute Gasteiger partial charge is 0.332 e.